The third kappa shape index (κ3) is 3.37. The van der Waals surface area contributed by atoms with Gasteiger partial charge in [-0.25, -0.2) is 0 Å². The van der Waals surface area contributed by atoms with E-state index in [0.29, 0.717) is 5.56 Å². The zero-order valence-electron chi connectivity index (χ0n) is 11.0. The van der Waals surface area contributed by atoms with E-state index in [1.807, 2.05) is 25.2 Å². The minimum Gasteiger partial charge on any atom is -0.387 e. The van der Waals surface area contributed by atoms with Crippen LogP contribution in [0.1, 0.15) is 23.7 Å². The van der Waals surface area contributed by atoms with E-state index >= 15 is 0 Å². The largest absolute Gasteiger partial charge is 0.387 e. The van der Waals surface area contributed by atoms with Crippen LogP contribution >= 0.6 is 0 Å². The lowest BCUT2D eigenvalue weighted by atomic mass is 10.1. The number of nitrogens with one attached hydrogen (secondary N) is 2. The van der Waals surface area contributed by atoms with Crippen molar-refractivity contribution in [2.24, 2.45) is 0 Å². The molecule has 0 heterocycles. The van der Waals surface area contributed by atoms with E-state index < -0.39 is 0 Å². The number of hydrogen-bond donors (Lipinski definition) is 2. The van der Waals surface area contributed by atoms with Crippen LogP contribution in [0.25, 0.3) is 0 Å². The van der Waals surface area contributed by atoms with Gasteiger partial charge in [0.2, 0.25) is 0 Å². The van der Waals surface area contributed by atoms with Crippen molar-refractivity contribution in [3.63, 3.8) is 0 Å². The van der Waals surface area contributed by atoms with Gasteiger partial charge in [-0.3, -0.25) is 4.79 Å². The van der Waals surface area contributed by atoms with Gasteiger partial charge in [0.05, 0.1) is 5.56 Å². The highest BCUT2D eigenvalue weighted by molar-refractivity contribution is 6.00. The van der Waals surface area contributed by atoms with Crippen LogP contribution in [-0.2, 0) is 0 Å². The average molecular weight is 235 g/mol. The van der Waals surface area contributed by atoms with Crippen LogP contribution in [0.15, 0.2) is 18.2 Å². The summed E-state index contributed by atoms with van der Waals surface area (Å²) in [5, 5.41) is 6.36. The van der Waals surface area contributed by atoms with Gasteiger partial charge >= 0.3 is 0 Å². The highest BCUT2D eigenvalue weighted by atomic mass is 16.2. The molecule has 0 saturated heterocycles. The topological polar surface area (TPSA) is 44.4 Å². The van der Waals surface area contributed by atoms with E-state index in [9.17, 15) is 4.79 Å². The lowest BCUT2D eigenvalue weighted by Gasteiger charge is -2.15. The minimum absolute atomic E-state index is 0.0105. The van der Waals surface area contributed by atoms with Gasteiger partial charge in [0.15, 0.2) is 0 Å². The molecule has 0 aliphatic rings. The van der Waals surface area contributed by atoms with Gasteiger partial charge in [0, 0.05) is 39.1 Å². The number of carbonyl (C=O) groups excluding carboxylic acids is 1. The van der Waals surface area contributed by atoms with Crippen molar-refractivity contribution in [2.45, 2.75) is 13.3 Å². The standard InChI is InChI=1S/C13H21N3O/c1-5-8-15-10-6-7-11(12(9-10)14-2)13(17)16(3)4/h6-7,9,14-15H,5,8H2,1-4H3. The maximum Gasteiger partial charge on any atom is 0.255 e. The highest BCUT2D eigenvalue weighted by Crippen LogP contribution is 2.21. The molecule has 0 aliphatic carbocycles. The van der Waals surface area contributed by atoms with Gasteiger partial charge in [-0.1, -0.05) is 6.92 Å². The Labute approximate surface area is 103 Å². The third-order valence-electron chi connectivity index (χ3n) is 2.50. The second kappa shape index (κ2) is 6.13. The van der Waals surface area contributed by atoms with E-state index in [1.165, 1.54) is 0 Å². The minimum atomic E-state index is 0.0105. The molecule has 17 heavy (non-hydrogen) atoms. The molecule has 0 fully saturated rings. The van der Waals surface area contributed by atoms with Gasteiger partial charge < -0.3 is 15.5 Å². The molecule has 4 nitrogen and oxygen atoms in total. The van der Waals surface area contributed by atoms with Crippen molar-refractivity contribution in [3.8, 4) is 0 Å². The molecule has 0 aliphatic heterocycles. The summed E-state index contributed by atoms with van der Waals surface area (Å²) in [7, 11) is 5.33. The Morgan fingerprint density at radius 1 is 1.35 bits per heavy atom. The van der Waals surface area contributed by atoms with Crippen LogP contribution in [0, 0.1) is 0 Å². The van der Waals surface area contributed by atoms with Crippen molar-refractivity contribution in [3.05, 3.63) is 23.8 Å². The Hall–Kier alpha value is -1.71. The molecule has 0 radical (unpaired) electrons. The molecule has 1 aromatic rings. The summed E-state index contributed by atoms with van der Waals surface area (Å²) >= 11 is 0. The molecule has 4 heteroatoms. The lowest BCUT2D eigenvalue weighted by Crippen LogP contribution is -2.22. The predicted molar refractivity (Wildman–Crippen MR) is 72.8 cm³/mol. The second-order valence-electron chi connectivity index (χ2n) is 4.14. The number of amides is 1. The molecule has 0 bridgehead atoms. The molecule has 1 rings (SSSR count). The van der Waals surface area contributed by atoms with Crippen LogP contribution in [0.2, 0.25) is 0 Å². The summed E-state index contributed by atoms with van der Waals surface area (Å²) < 4.78 is 0. The van der Waals surface area contributed by atoms with E-state index in [-0.39, 0.29) is 5.91 Å². The molecular weight excluding hydrogens is 214 g/mol. The molecule has 0 saturated carbocycles. The first kappa shape index (κ1) is 13.4. The number of carbonyl (C=O) groups is 1. The SMILES string of the molecule is CCCNc1ccc(C(=O)N(C)C)c(NC)c1. The average Bonchev–Trinajstić information content (AvgIpc) is 2.34. The normalized spacial score (nSPS) is 9.88. The fourth-order valence-electron chi connectivity index (χ4n) is 1.56. The number of nitrogens with zero attached hydrogens (tertiary/aromatic N) is 1. The summed E-state index contributed by atoms with van der Waals surface area (Å²) in [4.78, 5) is 13.5. The summed E-state index contributed by atoms with van der Waals surface area (Å²) in [5.41, 5.74) is 2.58. The first-order valence-corrected chi connectivity index (χ1v) is 5.87. The smallest absolute Gasteiger partial charge is 0.255 e. The summed E-state index contributed by atoms with van der Waals surface area (Å²) in [6, 6.07) is 5.76. The van der Waals surface area contributed by atoms with E-state index in [4.69, 9.17) is 0 Å². The van der Waals surface area contributed by atoms with Crippen LogP contribution in [0.4, 0.5) is 11.4 Å². The maximum absolute atomic E-state index is 11.9. The molecule has 2 N–H and O–H groups in total. The Morgan fingerprint density at radius 3 is 2.59 bits per heavy atom. The highest BCUT2D eigenvalue weighted by Gasteiger charge is 2.12. The van der Waals surface area contributed by atoms with Crippen molar-refractivity contribution >= 4 is 17.3 Å². The predicted octanol–water partition coefficient (Wildman–Crippen LogP) is 2.25. The summed E-state index contributed by atoms with van der Waals surface area (Å²) in [6.45, 7) is 3.06. The fourth-order valence-corrected chi connectivity index (χ4v) is 1.56. The zero-order valence-corrected chi connectivity index (χ0v) is 11.0. The summed E-state index contributed by atoms with van der Waals surface area (Å²) in [6.07, 6.45) is 1.08. The van der Waals surface area contributed by atoms with Gasteiger partial charge in [0.25, 0.3) is 5.91 Å². The number of rotatable bonds is 5. The van der Waals surface area contributed by atoms with Crippen LogP contribution in [0.5, 0.6) is 0 Å². The fraction of sp³-hybridized carbons (Fsp3) is 0.462. The Bertz CT molecular complexity index is 388. The Morgan fingerprint density at radius 2 is 2.06 bits per heavy atom. The lowest BCUT2D eigenvalue weighted by molar-refractivity contribution is 0.0828. The van der Waals surface area contributed by atoms with E-state index in [0.717, 1.165) is 24.3 Å². The monoisotopic (exact) mass is 235 g/mol. The molecule has 1 aromatic carbocycles. The van der Waals surface area contributed by atoms with Crippen LogP contribution < -0.4 is 10.6 Å². The molecule has 94 valence electrons. The number of hydrogen-bond acceptors (Lipinski definition) is 3. The maximum atomic E-state index is 11.9. The first-order chi connectivity index (χ1) is 8.10. The van der Waals surface area contributed by atoms with Gasteiger partial charge in [-0.2, -0.15) is 0 Å². The quantitative estimate of drug-likeness (QED) is 0.822. The molecule has 0 aromatic heterocycles. The molecule has 1 amide bonds. The van der Waals surface area contributed by atoms with Gasteiger partial charge in [-0.15, -0.1) is 0 Å². The molecule has 0 atom stereocenters. The number of anilines is 2. The molecular formula is C13H21N3O. The molecule has 0 unspecified atom stereocenters. The van der Waals surface area contributed by atoms with Crippen molar-refractivity contribution in [1.29, 1.82) is 0 Å². The Kier molecular flexibility index (Phi) is 4.82. The van der Waals surface area contributed by atoms with Crippen molar-refractivity contribution in [1.82, 2.24) is 4.90 Å². The third-order valence-corrected chi connectivity index (χ3v) is 2.50. The van der Waals surface area contributed by atoms with E-state index in [1.54, 1.807) is 19.0 Å². The van der Waals surface area contributed by atoms with Crippen molar-refractivity contribution < 1.29 is 4.79 Å². The molecule has 0 spiro atoms. The van der Waals surface area contributed by atoms with Crippen LogP contribution in [-0.4, -0.2) is 38.5 Å². The van der Waals surface area contributed by atoms with E-state index in [2.05, 4.69) is 17.6 Å². The first-order valence-electron chi connectivity index (χ1n) is 5.87. The number of benzene rings is 1. The van der Waals surface area contributed by atoms with Crippen molar-refractivity contribution in [2.75, 3.05) is 38.3 Å². The van der Waals surface area contributed by atoms with Gasteiger partial charge in [0.1, 0.15) is 0 Å². The summed E-state index contributed by atoms with van der Waals surface area (Å²) in [5.74, 6) is 0.0105. The zero-order chi connectivity index (χ0) is 12.8. The second-order valence-corrected chi connectivity index (χ2v) is 4.14. The van der Waals surface area contributed by atoms with Gasteiger partial charge in [-0.05, 0) is 24.6 Å². The Balaban J connectivity index is 2.97. The van der Waals surface area contributed by atoms with Crippen LogP contribution in [0.3, 0.4) is 0 Å².